The molecule has 1 fully saturated rings. The summed E-state index contributed by atoms with van der Waals surface area (Å²) in [6.45, 7) is 1.81. The third-order valence-corrected chi connectivity index (χ3v) is 6.91. The maximum atomic E-state index is 10.7. The van der Waals surface area contributed by atoms with Crippen molar-refractivity contribution in [2.75, 3.05) is 0 Å². The van der Waals surface area contributed by atoms with Crippen molar-refractivity contribution in [2.24, 2.45) is 0 Å². The molecule has 1 saturated carbocycles. The number of thiazole rings is 1. The maximum Gasteiger partial charge on any atom is 0.277 e. The average Bonchev–Trinajstić information content (AvgIpc) is 3.36. The van der Waals surface area contributed by atoms with Crippen LogP contribution in [-0.4, -0.2) is 25.5 Å². The van der Waals surface area contributed by atoms with Crippen LogP contribution in [0.2, 0.25) is 0 Å². The van der Waals surface area contributed by atoms with Crippen LogP contribution in [0.25, 0.3) is 15.8 Å². The number of fused-ring (bicyclic) bond motifs is 1. The van der Waals surface area contributed by atoms with Crippen LogP contribution in [0.5, 0.6) is 0 Å². The van der Waals surface area contributed by atoms with Gasteiger partial charge in [-0.15, -0.1) is 21.5 Å². The van der Waals surface area contributed by atoms with E-state index < -0.39 is 5.25 Å². The van der Waals surface area contributed by atoms with E-state index in [0.717, 1.165) is 23.1 Å². The Kier molecular flexibility index (Phi) is 5.64. The molecule has 4 rings (SSSR count). The summed E-state index contributed by atoms with van der Waals surface area (Å²) in [6.07, 6.45) is 5.84. The number of rotatable bonds is 5. The fraction of sp³-hybridized carbons (Fsp3) is 0.400. The molecule has 144 valence electrons. The van der Waals surface area contributed by atoms with E-state index in [1.54, 1.807) is 0 Å². The number of aromatic nitrogens is 3. The van der Waals surface area contributed by atoms with Gasteiger partial charge in [-0.25, -0.2) is 4.98 Å². The number of benzene rings is 1. The van der Waals surface area contributed by atoms with Gasteiger partial charge in [-0.1, -0.05) is 43.2 Å². The molecule has 6 nitrogen and oxygen atoms in total. The van der Waals surface area contributed by atoms with Crippen LogP contribution < -0.4 is 0 Å². The zero-order valence-corrected chi connectivity index (χ0v) is 17.1. The van der Waals surface area contributed by atoms with Gasteiger partial charge < -0.3 is 9.52 Å². The van der Waals surface area contributed by atoms with Gasteiger partial charge in [0.15, 0.2) is 0 Å². The molecule has 8 heteroatoms. The normalized spacial score (nSPS) is 17.3. The number of hydrogen-bond donors (Lipinski definition) is 1. The first-order chi connectivity index (χ1) is 13.7. The van der Waals surface area contributed by atoms with Crippen LogP contribution in [0.1, 0.15) is 55.8 Å². The van der Waals surface area contributed by atoms with Crippen LogP contribution in [0.4, 0.5) is 0 Å². The van der Waals surface area contributed by atoms with E-state index in [1.807, 2.05) is 31.2 Å². The Hall–Kier alpha value is -2.37. The number of thioether (sulfide) groups is 1. The van der Waals surface area contributed by atoms with Gasteiger partial charge in [-0.2, -0.15) is 5.26 Å². The lowest BCUT2D eigenvalue weighted by atomic mass is 9.89. The zero-order chi connectivity index (χ0) is 19.5. The molecule has 0 spiro atoms. The monoisotopic (exact) mass is 412 g/mol. The highest BCUT2D eigenvalue weighted by molar-refractivity contribution is 7.99. The van der Waals surface area contributed by atoms with Crippen molar-refractivity contribution in [2.45, 2.75) is 55.4 Å². The molecule has 0 bridgehead atoms. The molecule has 1 N–H and O–H groups in total. The van der Waals surface area contributed by atoms with Crippen LogP contribution in [0, 0.1) is 11.3 Å². The summed E-state index contributed by atoms with van der Waals surface area (Å²) in [5.74, 6) is 1.00. The van der Waals surface area contributed by atoms with Gasteiger partial charge in [0.05, 0.1) is 15.5 Å². The molecule has 0 saturated heterocycles. The molecule has 1 aliphatic rings. The molecule has 3 aromatic rings. The lowest BCUT2D eigenvalue weighted by Crippen LogP contribution is -2.04. The van der Waals surface area contributed by atoms with E-state index in [9.17, 15) is 10.4 Å². The molecule has 2 heterocycles. The van der Waals surface area contributed by atoms with Crippen LogP contribution in [-0.2, 0) is 0 Å². The molecule has 1 aromatic carbocycles. The molecule has 2 aromatic heterocycles. The number of para-hydroxylation sites is 1. The number of aliphatic hydroxyl groups is 1. The van der Waals surface area contributed by atoms with Crippen LogP contribution >= 0.6 is 23.1 Å². The number of nitrogens with zero attached hydrogens (tertiary/aromatic N) is 4. The summed E-state index contributed by atoms with van der Waals surface area (Å²) >= 11 is 2.65. The predicted octanol–water partition coefficient (Wildman–Crippen LogP) is 5.70. The summed E-state index contributed by atoms with van der Waals surface area (Å²) in [6, 6.07) is 9.77. The Labute approximate surface area is 171 Å². The molecule has 0 aliphatic heterocycles. The van der Waals surface area contributed by atoms with Crippen LogP contribution in [0.3, 0.4) is 0 Å². The second-order valence-electron chi connectivity index (χ2n) is 6.86. The van der Waals surface area contributed by atoms with E-state index >= 15 is 0 Å². The van der Waals surface area contributed by atoms with Crippen molar-refractivity contribution in [3.8, 4) is 6.07 Å². The van der Waals surface area contributed by atoms with Crippen molar-refractivity contribution >= 4 is 38.9 Å². The minimum absolute atomic E-state index is 0.0241. The quantitative estimate of drug-likeness (QED) is 0.326. The van der Waals surface area contributed by atoms with E-state index in [-0.39, 0.29) is 11.3 Å². The van der Waals surface area contributed by atoms with E-state index in [1.165, 1.54) is 42.4 Å². The molecule has 1 aliphatic carbocycles. The summed E-state index contributed by atoms with van der Waals surface area (Å²) in [5.41, 5.74) is 1.01. The first-order valence-corrected chi connectivity index (χ1v) is 11.0. The standard InChI is InChI=1S/C20H20N4O2S2/c1-12(27-20-24-23-18(26-20)13-7-3-2-4-8-13)17(25)14(11-21)19-22-15-9-5-6-10-16(15)28-19/h5-6,9-10,12-13,25H,2-4,7-8H2,1H3/b17-14-. The molecule has 1 unspecified atom stereocenters. The van der Waals surface area contributed by atoms with Gasteiger partial charge in [0.25, 0.3) is 5.22 Å². The number of allylic oxidation sites excluding steroid dienone is 1. The summed E-state index contributed by atoms with van der Waals surface area (Å²) in [5, 5.41) is 29.1. The Morgan fingerprint density at radius 2 is 2.07 bits per heavy atom. The van der Waals surface area contributed by atoms with E-state index in [0.29, 0.717) is 22.0 Å². The van der Waals surface area contributed by atoms with Crippen molar-refractivity contribution < 1.29 is 9.52 Å². The second-order valence-corrected chi connectivity index (χ2v) is 9.18. The molecular weight excluding hydrogens is 392 g/mol. The number of aliphatic hydroxyl groups excluding tert-OH is 1. The number of hydrogen-bond acceptors (Lipinski definition) is 8. The second kappa shape index (κ2) is 8.33. The molecular formula is C20H20N4O2S2. The Morgan fingerprint density at radius 1 is 1.29 bits per heavy atom. The van der Waals surface area contributed by atoms with Crippen molar-refractivity contribution in [3.63, 3.8) is 0 Å². The summed E-state index contributed by atoms with van der Waals surface area (Å²) < 4.78 is 6.80. The van der Waals surface area contributed by atoms with Gasteiger partial charge in [0, 0.05) is 5.92 Å². The SMILES string of the molecule is CC(Sc1nnc(C2CCCCC2)o1)/C(O)=C(\C#N)c1nc2ccccc2s1. The highest BCUT2D eigenvalue weighted by atomic mass is 32.2. The van der Waals surface area contributed by atoms with Gasteiger partial charge >= 0.3 is 0 Å². The van der Waals surface area contributed by atoms with Gasteiger partial charge in [-0.05, 0) is 31.9 Å². The minimum Gasteiger partial charge on any atom is -0.510 e. The zero-order valence-electron chi connectivity index (χ0n) is 15.5. The van der Waals surface area contributed by atoms with E-state index in [2.05, 4.69) is 21.3 Å². The van der Waals surface area contributed by atoms with Gasteiger partial charge in [0.2, 0.25) is 5.89 Å². The Bertz CT molecular complexity index is 1010. The summed E-state index contributed by atoms with van der Waals surface area (Å²) in [4.78, 5) is 4.48. The molecule has 0 radical (unpaired) electrons. The van der Waals surface area contributed by atoms with E-state index in [4.69, 9.17) is 4.42 Å². The van der Waals surface area contributed by atoms with Gasteiger partial charge in [0.1, 0.15) is 22.4 Å². The minimum atomic E-state index is -0.402. The lowest BCUT2D eigenvalue weighted by molar-refractivity contribution is 0.333. The van der Waals surface area contributed by atoms with Crippen LogP contribution in [0.15, 0.2) is 39.7 Å². The maximum absolute atomic E-state index is 10.7. The fourth-order valence-electron chi connectivity index (χ4n) is 3.39. The Balaban J connectivity index is 1.53. The molecule has 0 amide bonds. The third kappa shape index (κ3) is 3.91. The summed E-state index contributed by atoms with van der Waals surface area (Å²) in [7, 11) is 0. The largest absolute Gasteiger partial charge is 0.510 e. The highest BCUT2D eigenvalue weighted by Crippen LogP contribution is 2.36. The molecule has 1 atom stereocenters. The highest BCUT2D eigenvalue weighted by Gasteiger charge is 2.24. The van der Waals surface area contributed by atoms with Crippen molar-refractivity contribution in [1.29, 1.82) is 5.26 Å². The van der Waals surface area contributed by atoms with Crippen molar-refractivity contribution in [1.82, 2.24) is 15.2 Å². The first kappa shape index (κ1) is 19.0. The topological polar surface area (TPSA) is 95.8 Å². The van der Waals surface area contributed by atoms with Gasteiger partial charge in [-0.3, -0.25) is 0 Å². The third-order valence-electron chi connectivity index (χ3n) is 4.91. The predicted molar refractivity (Wildman–Crippen MR) is 110 cm³/mol. The fourth-order valence-corrected chi connectivity index (χ4v) is 5.11. The number of nitriles is 1. The first-order valence-electron chi connectivity index (χ1n) is 9.35. The lowest BCUT2D eigenvalue weighted by Gasteiger charge is -2.17. The smallest absolute Gasteiger partial charge is 0.277 e. The van der Waals surface area contributed by atoms with Crippen molar-refractivity contribution in [3.05, 3.63) is 40.9 Å². The average molecular weight is 413 g/mol. The Morgan fingerprint density at radius 3 is 2.82 bits per heavy atom. The molecule has 28 heavy (non-hydrogen) atoms.